The molecule has 0 radical (unpaired) electrons. The highest BCUT2D eigenvalue weighted by atomic mass is 16.5. The Morgan fingerprint density at radius 3 is 2.65 bits per heavy atom. The van der Waals surface area contributed by atoms with Gasteiger partial charge in [0.05, 0.1) is 6.10 Å². The van der Waals surface area contributed by atoms with Crippen LogP contribution >= 0.6 is 0 Å². The summed E-state index contributed by atoms with van der Waals surface area (Å²) in [6.45, 7) is 10.1. The van der Waals surface area contributed by atoms with Crippen LogP contribution in [-0.4, -0.2) is 24.8 Å². The second kappa shape index (κ2) is 8.10. The molecule has 2 nitrogen and oxygen atoms in total. The van der Waals surface area contributed by atoms with E-state index in [0.29, 0.717) is 18.2 Å². The van der Waals surface area contributed by atoms with Crippen molar-refractivity contribution in [1.82, 2.24) is 5.32 Å². The van der Waals surface area contributed by atoms with Crippen LogP contribution in [0.15, 0.2) is 0 Å². The van der Waals surface area contributed by atoms with Crippen LogP contribution in [0.3, 0.4) is 0 Å². The van der Waals surface area contributed by atoms with Crippen LogP contribution in [0, 0.1) is 5.92 Å². The highest BCUT2D eigenvalue weighted by Gasteiger charge is 2.22. The van der Waals surface area contributed by atoms with Gasteiger partial charge in [-0.05, 0) is 38.5 Å². The molecule has 0 aromatic rings. The number of ether oxygens (including phenoxy) is 1. The third-order valence-electron chi connectivity index (χ3n) is 3.76. The summed E-state index contributed by atoms with van der Waals surface area (Å²) in [4.78, 5) is 0. The predicted molar refractivity (Wildman–Crippen MR) is 74.3 cm³/mol. The maximum atomic E-state index is 5.71. The van der Waals surface area contributed by atoms with E-state index in [0.717, 1.165) is 18.9 Å². The van der Waals surface area contributed by atoms with E-state index >= 15 is 0 Å². The Morgan fingerprint density at radius 1 is 1.24 bits per heavy atom. The van der Waals surface area contributed by atoms with E-state index in [1.54, 1.807) is 0 Å². The molecule has 0 spiro atoms. The largest absolute Gasteiger partial charge is 0.378 e. The van der Waals surface area contributed by atoms with Crippen molar-refractivity contribution in [3.8, 4) is 0 Å². The molecule has 17 heavy (non-hydrogen) atoms. The van der Waals surface area contributed by atoms with Crippen LogP contribution in [0.1, 0.15) is 66.2 Å². The van der Waals surface area contributed by atoms with Gasteiger partial charge in [0.1, 0.15) is 0 Å². The molecule has 0 aromatic heterocycles. The quantitative estimate of drug-likeness (QED) is 0.733. The van der Waals surface area contributed by atoms with Gasteiger partial charge >= 0.3 is 0 Å². The van der Waals surface area contributed by atoms with Gasteiger partial charge in [-0.2, -0.15) is 0 Å². The minimum Gasteiger partial charge on any atom is -0.378 e. The maximum Gasteiger partial charge on any atom is 0.0587 e. The lowest BCUT2D eigenvalue weighted by atomic mass is 9.99. The van der Waals surface area contributed by atoms with Crippen LogP contribution in [0.25, 0.3) is 0 Å². The molecule has 2 heteroatoms. The van der Waals surface area contributed by atoms with Crippen LogP contribution in [0.4, 0.5) is 0 Å². The van der Waals surface area contributed by atoms with Crippen molar-refractivity contribution in [1.29, 1.82) is 0 Å². The molecule has 1 N–H and O–H groups in total. The van der Waals surface area contributed by atoms with Crippen molar-refractivity contribution in [2.24, 2.45) is 5.92 Å². The highest BCUT2D eigenvalue weighted by Crippen LogP contribution is 2.17. The van der Waals surface area contributed by atoms with Crippen LogP contribution in [0.2, 0.25) is 0 Å². The van der Waals surface area contributed by atoms with Gasteiger partial charge in [0.25, 0.3) is 0 Å². The van der Waals surface area contributed by atoms with Gasteiger partial charge in [-0.25, -0.2) is 0 Å². The van der Waals surface area contributed by atoms with Crippen molar-refractivity contribution in [2.45, 2.75) is 84.4 Å². The fourth-order valence-electron chi connectivity index (χ4n) is 2.63. The summed E-state index contributed by atoms with van der Waals surface area (Å²) in [5.74, 6) is 0.842. The molecule has 3 unspecified atom stereocenters. The van der Waals surface area contributed by atoms with E-state index < -0.39 is 0 Å². The van der Waals surface area contributed by atoms with Crippen LogP contribution < -0.4 is 5.32 Å². The molecule has 1 rings (SSSR count). The molecule has 102 valence electrons. The molecule has 1 fully saturated rings. The van der Waals surface area contributed by atoms with Crippen LogP contribution in [0.5, 0.6) is 0 Å². The standard InChI is InChI=1S/C15H31NO/c1-5-15-11-14(9-10-17-15)16-13(4)8-6-7-12(2)3/h12-16H,5-11H2,1-4H3. The molecule has 3 atom stereocenters. The zero-order chi connectivity index (χ0) is 12.7. The molecule has 0 bridgehead atoms. The lowest BCUT2D eigenvalue weighted by Gasteiger charge is -2.31. The first kappa shape index (κ1) is 15.0. The molecule has 1 heterocycles. The zero-order valence-electron chi connectivity index (χ0n) is 12.2. The fraction of sp³-hybridized carbons (Fsp3) is 1.00. The Hall–Kier alpha value is -0.0800. The maximum absolute atomic E-state index is 5.71. The average Bonchev–Trinajstić information content (AvgIpc) is 2.28. The number of nitrogens with one attached hydrogen (secondary N) is 1. The molecule has 0 aliphatic carbocycles. The van der Waals surface area contributed by atoms with Crippen molar-refractivity contribution in [3.05, 3.63) is 0 Å². The van der Waals surface area contributed by atoms with Gasteiger partial charge in [-0.3, -0.25) is 0 Å². The lowest BCUT2D eigenvalue weighted by molar-refractivity contribution is -0.00179. The molecule has 0 amide bonds. The van der Waals surface area contributed by atoms with E-state index in [-0.39, 0.29) is 0 Å². The van der Waals surface area contributed by atoms with Gasteiger partial charge in [0, 0.05) is 18.7 Å². The van der Waals surface area contributed by atoms with Crippen molar-refractivity contribution in [3.63, 3.8) is 0 Å². The Labute approximate surface area is 108 Å². The summed E-state index contributed by atoms with van der Waals surface area (Å²) < 4.78 is 5.71. The summed E-state index contributed by atoms with van der Waals surface area (Å²) in [7, 11) is 0. The van der Waals surface area contributed by atoms with E-state index in [1.807, 2.05) is 0 Å². The van der Waals surface area contributed by atoms with Crippen LogP contribution in [-0.2, 0) is 4.74 Å². The van der Waals surface area contributed by atoms with E-state index in [2.05, 4.69) is 33.0 Å². The molecule has 1 saturated heterocycles. The number of rotatable bonds is 7. The second-order valence-corrected chi connectivity index (χ2v) is 6.01. The predicted octanol–water partition coefficient (Wildman–Crippen LogP) is 3.75. The average molecular weight is 241 g/mol. The Kier molecular flexibility index (Phi) is 7.14. The number of hydrogen-bond donors (Lipinski definition) is 1. The van der Waals surface area contributed by atoms with Crippen molar-refractivity contribution in [2.75, 3.05) is 6.61 Å². The van der Waals surface area contributed by atoms with E-state index in [9.17, 15) is 0 Å². The third kappa shape index (κ3) is 6.42. The normalized spacial score (nSPS) is 27.4. The number of hydrogen-bond acceptors (Lipinski definition) is 2. The zero-order valence-corrected chi connectivity index (χ0v) is 12.2. The lowest BCUT2D eigenvalue weighted by Crippen LogP contribution is -2.42. The first-order chi connectivity index (χ1) is 8.11. The summed E-state index contributed by atoms with van der Waals surface area (Å²) in [6.07, 6.45) is 8.05. The summed E-state index contributed by atoms with van der Waals surface area (Å²) in [5.41, 5.74) is 0. The van der Waals surface area contributed by atoms with Gasteiger partial charge in [0.15, 0.2) is 0 Å². The SMILES string of the molecule is CCC1CC(NC(C)CCCC(C)C)CCO1. The summed E-state index contributed by atoms with van der Waals surface area (Å²) in [5, 5.41) is 3.78. The Morgan fingerprint density at radius 2 is 2.00 bits per heavy atom. The molecule has 1 aliphatic rings. The molecular formula is C15H31NO. The van der Waals surface area contributed by atoms with E-state index in [4.69, 9.17) is 4.74 Å². The van der Waals surface area contributed by atoms with Gasteiger partial charge in [-0.15, -0.1) is 0 Å². The fourth-order valence-corrected chi connectivity index (χ4v) is 2.63. The Bertz CT molecular complexity index is 193. The van der Waals surface area contributed by atoms with Crippen molar-refractivity contribution >= 4 is 0 Å². The summed E-state index contributed by atoms with van der Waals surface area (Å²) in [6, 6.07) is 1.34. The van der Waals surface area contributed by atoms with Gasteiger partial charge < -0.3 is 10.1 Å². The first-order valence-corrected chi connectivity index (χ1v) is 7.49. The third-order valence-corrected chi connectivity index (χ3v) is 3.76. The van der Waals surface area contributed by atoms with Gasteiger partial charge in [0.2, 0.25) is 0 Å². The topological polar surface area (TPSA) is 21.3 Å². The molecule has 0 saturated carbocycles. The molecule has 1 aliphatic heterocycles. The van der Waals surface area contributed by atoms with E-state index in [1.165, 1.54) is 32.1 Å². The minimum atomic E-state index is 0.490. The molecular weight excluding hydrogens is 210 g/mol. The monoisotopic (exact) mass is 241 g/mol. The summed E-state index contributed by atoms with van der Waals surface area (Å²) >= 11 is 0. The Balaban J connectivity index is 2.14. The first-order valence-electron chi connectivity index (χ1n) is 7.49. The second-order valence-electron chi connectivity index (χ2n) is 6.01. The smallest absolute Gasteiger partial charge is 0.0587 e. The molecule has 0 aromatic carbocycles. The van der Waals surface area contributed by atoms with Gasteiger partial charge in [-0.1, -0.05) is 33.6 Å². The minimum absolute atomic E-state index is 0.490. The van der Waals surface area contributed by atoms with Crippen molar-refractivity contribution < 1.29 is 4.74 Å². The highest BCUT2D eigenvalue weighted by molar-refractivity contribution is 4.78.